The zero-order valence-electron chi connectivity index (χ0n) is 17.0. The number of amides is 2. The van der Waals surface area contributed by atoms with Gasteiger partial charge in [0.25, 0.3) is 0 Å². The lowest BCUT2D eigenvalue weighted by atomic mass is 9.80. The van der Waals surface area contributed by atoms with Crippen molar-refractivity contribution in [2.75, 3.05) is 12.0 Å². The number of hydrogen-bond donors (Lipinski definition) is 1. The van der Waals surface area contributed by atoms with E-state index in [0.29, 0.717) is 5.69 Å². The van der Waals surface area contributed by atoms with Crippen LogP contribution in [0.4, 0.5) is 5.69 Å². The van der Waals surface area contributed by atoms with Crippen LogP contribution >= 0.6 is 0 Å². The molecule has 150 valence electrons. The van der Waals surface area contributed by atoms with Crippen molar-refractivity contribution >= 4 is 23.5 Å². The van der Waals surface area contributed by atoms with Gasteiger partial charge < -0.3 is 10.1 Å². The van der Waals surface area contributed by atoms with E-state index in [4.69, 9.17) is 4.74 Å². The SMILES string of the molecule is COC(=O)[C@]1(C)[NH2+][C@@H](c2cccc(C)c2)[C@@H]2C(=O)N(c3ccc(C)cc3)C(=O)[C@H]21. The van der Waals surface area contributed by atoms with E-state index in [1.54, 1.807) is 19.1 Å². The fourth-order valence-corrected chi connectivity index (χ4v) is 4.81. The first-order valence-corrected chi connectivity index (χ1v) is 9.73. The van der Waals surface area contributed by atoms with Gasteiger partial charge in [0.2, 0.25) is 17.4 Å². The van der Waals surface area contributed by atoms with Gasteiger partial charge in [-0.15, -0.1) is 0 Å². The number of anilines is 1. The van der Waals surface area contributed by atoms with Gasteiger partial charge in [0, 0.05) is 12.5 Å². The normalized spacial score (nSPS) is 28.6. The summed E-state index contributed by atoms with van der Waals surface area (Å²) in [5.41, 5.74) is 2.40. The van der Waals surface area contributed by atoms with Gasteiger partial charge in [0.1, 0.15) is 17.9 Å². The van der Waals surface area contributed by atoms with Gasteiger partial charge in [0.15, 0.2) is 0 Å². The Morgan fingerprint density at radius 3 is 2.34 bits per heavy atom. The summed E-state index contributed by atoms with van der Waals surface area (Å²) in [6.07, 6.45) is 0. The molecule has 6 nitrogen and oxygen atoms in total. The van der Waals surface area contributed by atoms with E-state index in [2.05, 4.69) is 0 Å². The minimum Gasteiger partial charge on any atom is -0.464 e. The lowest BCUT2D eigenvalue weighted by Crippen LogP contribution is -2.97. The number of benzene rings is 2. The van der Waals surface area contributed by atoms with Crippen LogP contribution in [0, 0.1) is 25.7 Å². The van der Waals surface area contributed by atoms with Crippen LogP contribution in [0.2, 0.25) is 0 Å². The third kappa shape index (κ3) is 2.86. The zero-order valence-corrected chi connectivity index (χ0v) is 17.0. The van der Waals surface area contributed by atoms with Crippen LogP contribution in [0.15, 0.2) is 48.5 Å². The Morgan fingerprint density at radius 2 is 1.72 bits per heavy atom. The third-order valence-corrected chi connectivity index (χ3v) is 6.25. The van der Waals surface area contributed by atoms with Gasteiger partial charge in [-0.2, -0.15) is 0 Å². The van der Waals surface area contributed by atoms with Gasteiger partial charge in [-0.3, -0.25) is 9.59 Å². The minimum absolute atomic E-state index is 0.265. The molecule has 0 unspecified atom stereocenters. The molecule has 4 rings (SSSR count). The molecule has 2 heterocycles. The van der Waals surface area contributed by atoms with E-state index in [-0.39, 0.29) is 17.9 Å². The first-order valence-electron chi connectivity index (χ1n) is 9.73. The molecule has 2 fully saturated rings. The first-order chi connectivity index (χ1) is 13.8. The molecule has 2 aliphatic heterocycles. The second kappa shape index (κ2) is 6.81. The predicted octanol–water partition coefficient (Wildman–Crippen LogP) is 1.66. The van der Waals surface area contributed by atoms with Crippen LogP contribution in [0.3, 0.4) is 0 Å². The lowest BCUT2D eigenvalue weighted by molar-refractivity contribution is -0.730. The molecule has 2 amide bonds. The number of nitrogens with two attached hydrogens (primary N) is 1. The largest absolute Gasteiger partial charge is 0.464 e. The minimum atomic E-state index is -1.17. The highest BCUT2D eigenvalue weighted by atomic mass is 16.5. The van der Waals surface area contributed by atoms with Crippen molar-refractivity contribution in [1.29, 1.82) is 0 Å². The van der Waals surface area contributed by atoms with Crippen molar-refractivity contribution < 1.29 is 24.4 Å². The standard InChI is InChI=1S/C23H24N2O4/c1-13-8-10-16(11-9-13)25-20(26)17-18(21(25)27)23(3,22(28)29-4)24-19(17)15-7-5-6-14(2)12-15/h5-12,17-19,24H,1-4H3/p+1/t17-,18+,19+,23-/m1/s1. The van der Waals surface area contributed by atoms with E-state index < -0.39 is 23.3 Å². The Kier molecular flexibility index (Phi) is 4.54. The highest BCUT2D eigenvalue weighted by Gasteiger charge is 2.70. The molecule has 0 aromatic heterocycles. The smallest absolute Gasteiger partial charge is 0.368 e. The van der Waals surface area contributed by atoms with Crippen molar-refractivity contribution in [3.8, 4) is 0 Å². The van der Waals surface area contributed by atoms with E-state index >= 15 is 0 Å². The summed E-state index contributed by atoms with van der Waals surface area (Å²) in [7, 11) is 1.31. The molecule has 2 aromatic carbocycles. The van der Waals surface area contributed by atoms with Gasteiger partial charge in [-0.05, 0) is 26.0 Å². The predicted molar refractivity (Wildman–Crippen MR) is 107 cm³/mol. The van der Waals surface area contributed by atoms with E-state index in [9.17, 15) is 14.4 Å². The topological polar surface area (TPSA) is 80.3 Å². The number of methoxy groups -OCH3 is 1. The zero-order chi connectivity index (χ0) is 20.9. The molecular formula is C23H25N2O4+. The molecule has 6 heteroatoms. The van der Waals surface area contributed by atoms with Crippen LogP contribution in [0.25, 0.3) is 0 Å². The molecular weight excluding hydrogens is 368 g/mol. The number of carbonyl (C=O) groups excluding carboxylic acids is 3. The van der Waals surface area contributed by atoms with Gasteiger partial charge in [0.05, 0.1) is 12.8 Å². The number of fused-ring (bicyclic) bond motifs is 1. The quantitative estimate of drug-likeness (QED) is 0.635. The van der Waals surface area contributed by atoms with Gasteiger partial charge in [-0.1, -0.05) is 47.5 Å². The average Bonchev–Trinajstić information content (AvgIpc) is 3.16. The molecule has 0 saturated carbocycles. The summed E-state index contributed by atoms with van der Waals surface area (Å²) < 4.78 is 5.04. The van der Waals surface area contributed by atoms with Crippen molar-refractivity contribution in [1.82, 2.24) is 0 Å². The van der Waals surface area contributed by atoms with Gasteiger partial charge >= 0.3 is 5.97 Å². The summed E-state index contributed by atoms with van der Waals surface area (Å²) in [6, 6.07) is 14.8. The number of imide groups is 1. The summed E-state index contributed by atoms with van der Waals surface area (Å²) in [4.78, 5) is 40.9. The fraction of sp³-hybridized carbons (Fsp3) is 0.348. The third-order valence-electron chi connectivity index (χ3n) is 6.25. The van der Waals surface area contributed by atoms with Crippen LogP contribution in [0.5, 0.6) is 0 Å². The van der Waals surface area contributed by atoms with Crippen LogP contribution < -0.4 is 10.2 Å². The molecule has 0 radical (unpaired) electrons. The number of aryl methyl sites for hydroxylation is 2. The van der Waals surface area contributed by atoms with Crippen molar-refractivity contribution in [3.63, 3.8) is 0 Å². The molecule has 0 spiro atoms. The molecule has 4 atom stereocenters. The van der Waals surface area contributed by atoms with E-state index in [1.165, 1.54) is 12.0 Å². The summed E-state index contributed by atoms with van der Waals surface area (Å²) in [5.74, 6) is -2.51. The number of hydrogen-bond acceptors (Lipinski definition) is 4. The molecule has 0 bridgehead atoms. The maximum absolute atomic E-state index is 13.5. The fourth-order valence-electron chi connectivity index (χ4n) is 4.81. The number of quaternary nitrogens is 1. The molecule has 0 aliphatic carbocycles. The van der Waals surface area contributed by atoms with E-state index in [0.717, 1.165) is 16.7 Å². The Morgan fingerprint density at radius 1 is 1.03 bits per heavy atom. The molecule has 2 aliphatic rings. The van der Waals surface area contributed by atoms with Crippen molar-refractivity contribution in [2.24, 2.45) is 11.8 Å². The van der Waals surface area contributed by atoms with Crippen LogP contribution in [-0.2, 0) is 19.1 Å². The number of carbonyl (C=O) groups is 3. The highest BCUT2D eigenvalue weighted by Crippen LogP contribution is 2.45. The first kappa shape index (κ1) is 19.3. The summed E-state index contributed by atoms with van der Waals surface area (Å²) in [6.45, 7) is 5.63. The Bertz CT molecular complexity index is 1000. The van der Waals surface area contributed by atoms with Crippen molar-refractivity contribution in [3.05, 3.63) is 65.2 Å². The average molecular weight is 393 g/mol. The summed E-state index contributed by atoms with van der Waals surface area (Å²) >= 11 is 0. The Labute approximate surface area is 169 Å². The Hall–Kier alpha value is -2.99. The van der Waals surface area contributed by atoms with Gasteiger partial charge in [-0.25, -0.2) is 9.69 Å². The molecule has 2 aromatic rings. The molecule has 29 heavy (non-hydrogen) atoms. The van der Waals surface area contributed by atoms with Crippen LogP contribution in [-0.4, -0.2) is 30.4 Å². The van der Waals surface area contributed by atoms with Crippen LogP contribution in [0.1, 0.15) is 29.7 Å². The maximum Gasteiger partial charge on any atom is 0.368 e. The lowest BCUT2D eigenvalue weighted by Gasteiger charge is -2.25. The maximum atomic E-state index is 13.5. The number of esters is 1. The Balaban J connectivity index is 1.83. The number of nitrogens with zero attached hydrogens (tertiary/aromatic N) is 1. The number of rotatable bonds is 3. The van der Waals surface area contributed by atoms with E-state index in [1.807, 2.05) is 55.6 Å². The molecule has 2 saturated heterocycles. The number of ether oxygens (including phenoxy) is 1. The second-order valence-electron chi connectivity index (χ2n) is 8.23. The molecule has 2 N–H and O–H groups in total. The summed E-state index contributed by atoms with van der Waals surface area (Å²) in [5, 5.41) is 1.84. The second-order valence-corrected chi connectivity index (χ2v) is 8.23. The highest BCUT2D eigenvalue weighted by molar-refractivity contribution is 6.23. The van der Waals surface area contributed by atoms with Crippen molar-refractivity contribution in [2.45, 2.75) is 32.4 Å². The monoisotopic (exact) mass is 393 g/mol.